The van der Waals surface area contributed by atoms with E-state index >= 15 is 0 Å². The van der Waals surface area contributed by atoms with Gasteiger partial charge >= 0.3 is 0 Å². The van der Waals surface area contributed by atoms with Gasteiger partial charge in [-0.1, -0.05) is 6.92 Å². The topological polar surface area (TPSA) is 68.8 Å². The van der Waals surface area contributed by atoms with E-state index in [1.807, 2.05) is 38.1 Å². The highest BCUT2D eigenvalue weighted by atomic mass is 79.9. The van der Waals surface area contributed by atoms with Gasteiger partial charge < -0.3 is 19.5 Å². The van der Waals surface area contributed by atoms with Gasteiger partial charge in [0.25, 0.3) is 5.91 Å². The number of hydrogen-bond acceptors (Lipinski definition) is 5. The predicted molar refractivity (Wildman–Crippen MR) is 122 cm³/mol. The van der Waals surface area contributed by atoms with Crippen molar-refractivity contribution in [1.82, 2.24) is 5.32 Å². The van der Waals surface area contributed by atoms with Crippen LogP contribution in [0.15, 0.2) is 46.9 Å². The number of amides is 1. The van der Waals surface area contributed by atoms with Gasteiger partial charge in [-0.25, -0.2) is 0 Å². The van der Waals surface area contributed by atoms with Crippen LogP contribution < -0.4 is 20.1 Å². The molecule has 1 amide bonds. The molecule has 0 aliphatic rings. The molecule has 0 bridgehead atoms. The van der Waals surface area contributed by atoms with E-state index in [1.54, 1.807) is 18.2 Å². The Kier molecular flexibility index (Phi) is 9.90. The van der Waals surface area contributed by atoms with Crippen LogP contribution in [0.2, 0.25) is 0 Å². The molecule has 6 nitrogen and oxygen atoms in total. The Bertz CT molecular complexity index is 815. The van der Waals surface area contributed by atoms with E-state index in [9.17, 15) is 4.79 Å². The van der Waals surface area contributed by atoms with Gasteiger partial charge in [0.15, 0.2) is 5.11 Å². The van der Waals surface area contributed by atoms with Crippen LogP contribution in [0, 0.1) is 0 Å². The molecule has 0 saturated carbocycles. The summed E-state index contributed by atoms with van der Waals surface area (Å²) in [5, 5.41) is 5.86. The first-order chi connectivity index (χ1) is 14.0. The fourth-order valence-corrected chi connectivity index (χ4v) is 3.01. The first-order valence-corrected chi connectivity index (χ1v) is 10.6. The summed E-state index contributed by atoms with van der Waals surface area (Å²) in [6.45, 7) is 6.31. The lowest BCUT2D eigenvalue weighted by Crippen LogP contribution is -2.34. The van der Waals surface area contributed by atoms with Crippen LogP contribution in [0.3, 0.4) is 0 Å². The number of ether oxygens (including phenoxy) is 3. The van der Waals surface area contributed by atoms with Crippen LogP contribution in [0.4, 0.5) is 5.69 Å². The van der Waals surface area contributed by atoms with Gasteiger partial charge in [-0.05, 0) is 84.0 Å². The Labute approximate surface area is 185 Å². The Morgan fingerprint density at radius 1 is 1.03 bits per heavy atom. The first-order valence-electron chi connectivity index (χ1n) is 9.38. The third-order valence-electron chi connectivity index (χ3n) is 3.70. The third kappa shape index (κ3) is 8.00. The van der Waals surface area contributed by atoms with Crippen molar-refractivity contribution in [3.05, 3.63) is 52.5 Å². The standard InChI is InChI=1S/C21H25BrN2O4S/c1-3-11-28-19-10-5-15(14-18(19)22)20(25)24-21(29)23-16-6-8-17(9-7-16)27-13-12-26-4-2/h5-10,14H,3-4,11-13H2,1-2H3,(H2,23,24,25,29). The third-order valence-corrected chi connectivity index (χ3v) is 4.52. The molecule has 0 spiro atoms. The molecule has 29 heavy (non-hydrogen) atoms. The maximum absolute atomic E-state index is 12.4. The van der Waals surface area contributed by atoms with Crippen LogP contribution in [0.25, 0.3) is 0 Å². The molecule has 2 N–H and O–H groups in total. The lowest BCUT2D eigenvalue weighted by molar-refractivity contribution is 0.0977. The van der Waals surface area contributed by atoms with Gasteiger partial charge in [-0.2, -0.15) is 0 Å². The number of carbonyl (C=O) groups excluding carboxylic acids is 1. The Morgan fingerprint density at radius 2 is 1.79 bits per heavy atom. The zero-order chi connectivity index (χ0) is 21.1. The molecular formula is C21H25BrN2O4S. The van der Waals surface area contributed by atoms with Crippen molar-refractivity contribution in [3.63, 3.8) is 0 Å². The van der Waals surface area contributed by atoms with E-state index < -0.39 is 0 Å². The highest BCUT2D eigenvalue weighted by molar-refractivity contribution is 9.10. The van der Waals surface area contributed by atoms with Gasteiger partial charge in [-0.3, -0.25) is 10.1 Å². The normalized spacial score (nSPS) is 10.3. The minimum atomic E-state index is -0.305. The molecule has 0 unspecified atom stereocenters. The van der Waals surface area contributed by atoms with Crippen molar-refractivity contribution in [2.24, 2.45) is 0 Å². The van der Waals surface area contributed by atoms with Crippen LogP contribution in [0.1, 0.15) is 30.6 Å². The molecule has 8 heteroatoms. The van der Waals surface area contributed by atoms with E-state index in [1.165, 1.54) is 0 Å². The molecule has 0 heterocycles. The summed E-state index contributed by atoms with van der Waals surface area (Å²) in [7, 11) is 0. The highest BCUT2D eigenvalue weighted by Gasteiger charge is 2.11. The second kappa shape index (κ2) is 12.4. The van der Waals surface area contributed by atoms with Crippen molar-refractivity contribution < 1.29 is 19.0 Å². The lowest BCUT2D eigenvalue weighted by Gasteiger charge is -2.12. The van der Waals surface area contributed by atoms with Crippen LogP contribution >= 0.6 is 28.1 Å². The van der Waals surface area contributed by atoms with Gasteiger partial charge in [0.05, 0.1) is 17.7 Å². The summed E-state index contributed by atoms with van der Waals surface area (Å²) >= 11 is 8.66. The summed E-state index contributed by atoms with van der Waals surface area (Å²) < 4.78 is 17.1. The fourth-order valence-electron chi connectivity index (χ4n) is 2.31. The average molecular weight is 481 g/mol. The number of halogens is 1. The zero-order valence-corrected chi connectivity index (χ0v) is 18.9. The smallest absolute Gasteiger partial charge is 0.257 e. The first kappa shape index (κ1) is 23.1. The number of carbonyl (C=O) groups is 1. The molecule has 156 valence electrons. The van der Waals surface area contributed by atoms with E-state index in [2.05, 4.69) is 26.6 Å². The van der Waals surface area contributed by atoms with Crippen molar-refractivity contribution in [1.29, 1.82) is 0 Å². The second-order valence-electron chi connectivity index (χ2n) is 5.97. The number of anilines is 1. The predicted octanol–water partition coefficient (Wildman–Crippen LogP) is 4.78. The molecule has 0 radical (unpaired) electrons. The van der Waals surface area contributed by atoms with Crippen molar-refractivity contribution in [3.8, 4) is 11.5 Å². The maximum Gasteiger partial charge on any atom is 0.257 e. The maximum atomic E-state index is 12.4. The number of benzene rings is 2. The summed E-state index contributed by atoms with van der Waals surface area (Å²) in [4.78, 5) is 12.4. The number of nitrogens with one attached hydrogen (secondary N) is 2. The van der Waals surface area contributed by atoms with Crippen molar-refractivity contribution in [2.45, 2.75) is 20.3 Å². The monoisotopic (exact) mass is 480 g/mol. The molecule has 2 aromatic rings. The Hall–Kier alpha value is -2.16. The summed E-state index contributed by atoms with van der Waals surface area (Å²) in [5.41, 5.74) is 1.22. The average Bonchev–Trinajstić information content (AvgIpc) is 2.71. The molecular weight excluding hydrogens is 456 g/mol. The van der Waals surface area contributed by atoms with Gasteiger partial charge in [0, 0.05) is 17.9 Å². The van der Waals surface area contributed by atoms with E-state index in [0.717, 1.165) is 22.3 Å². The largest absolute Gasteiger partial charge is 0.492 e. The van der Waals surface area contributed by atoms with Gasteiger partial charge in [-0.15, -0.1) is 0 Å². The van der Waals surface area contributed by atoms with Crippen LogP contribution in [0.5, 0.6) is 11.5 Å². The van der Waals surface area contributed by atoms with Crippen molar-refractivity contribution >= 4 is 44.9 Å². The summed E-state index contributed by atoms with van der Waals surface area (Å²) in [6.07, 6.45) is 0.912. The van der Waals surface area contributed by atoms with E-state index in [4.69, 9.17) is 26.4 Å². The number of hydrogen-bond donors (Lipinski definition) is 2. The highest BCUT2D eigenvalue weighted by Crippen LogP contribution is 2.26. The molecule has 0 atom stereocenters. The molecule has 2 rings (SSSR count). The molecule has 0 aliphatic heterocycles. The molecule has 0 fully saturated rings. The minimum Gasteiger partial charge on any atom is -0.492 e. The molecule has 0 saturated heterocycles. The van der Waals surface area contributed by atoms with Gasteiger partial charge in [0.1, 0.15) is 18.1 Å². The Morgan fingerprint density at radius 3 is 2.45 bits per heavy atom. The van der Waals surface area contributed by atoms with Gasteiger partial charge in [0.2, 0.25) is 0 Å². The van der Waals surface area contributed by atoms with E-state index in [0.29, 0.717) is 37.7 Å². The van der Waals surface area contributed by atoms with Crippen LogP contribution in [-0.4, -0.2) is 37.4 Å². The Balaban J connectivity index is 1.85. The molecule has 0 aliphatic carbocycles. The second-order valence-corrected chi connectivity index (χ2v) is 7.23. The minimum absolute atomic E-state index is 0.211. The van der Waals surface area contributed by atoms with Crippen molar-refractivity contribution in [2.75, 3.05) is 31.7 Å². The lowest BCUT2D eigenvalue weighted by atomic mass is 10.2. The van der Waals surface area contributed by atoms with E-state index in [-0.39, 0.29) is 11.0 Å². The summed E-state index contributed by atoms with van der Waals surface area (Å²) in [6, 6.07) is 12.5. The SMILES string of the molecule is CCCOc1ccc(C(=O)NC(=S)Nc2ccc(OCCOCC)cc2)cc1Br. The number of rotatable bonds is 10. The van der Waals surface area contributed by atoms with Crippen LogP contribution in [-0.2, 0) is 4.74 Å². The quantitative estimate of drug-likeness (QED) is 0.376. The fraction of sp³-hybridized carbons (Fsp3) is 0.333. The zero-order valence-electron chi connectivity index (χ0n) is 16.5. The number of thiocarbonyl (C=S) groups is 1. The molecule has 2 aromatic carbocycles. The molecule has 0 aromatic heterocycles. The summed E-state index contributed by atoms with van der Waals surface area (Å²) in [5.74, 6) is 1.13.